The maximum atomic E-state index is 13.9. The van der Waals surface area contributed by atoms with Crippen molar-refractivity contribution in [2.24, 2.45) is 0 Å². The second kappa shape index (κ2) is 6.88. The van der Waals surface area contributed by atoms with Gasteiger partial charge in [-0.25, -0.2) is 8.78 Å². The van der Waals surface area contributed by atoms with Gasteiger partial charge >= 0.3 is 5.97 Å². The van der Waals surface area contributed by atoms with Gasteiger partial charge in [0, 0.05) is 31.7 Å². The Kier molecular flexibility index (Phi) is 4.66. The van der Waals surface area contributed by atoms with Crippen LogP contribution in [0, 0.1) is 11.6 Å². The van der Waals surface area contributed by atoms with Crippen LogP contribution in [0.15, 0.2) is 30.5 Å². The summed E-state index contributed by atoms with van der Waals surface area (Å²) in [5.41, 5.74) is 0.196. The van der Waals surface area contributed by atoms with E-state index >= 15 is 0 Å². The number of carboxylic acids is 1. The molecule has 1 N–H and O–H groups in total. The van der Waals surface area contributed by atoms with Gasteiger partial charge < -0.3 is 10.0 Å². The summed E-state index contributed by atoms with van der Waals surface area (Å²) in [6, 6.07) is 5.30. The van der Waals surface area contributed by atoms with Crippen LogP contribution in [0.25, 0.3) is 11.1 Å². The van der Waals surface area contributed by atoms with Crippen LogP contribution < -0.4 is 4.90 Å². The molecule has 0 bridgehead atoms. The molecule has 126 valence electrons. The highest BCUT2D eigenvalue weighted by molar-refractivity contribution is 5.69. The van der Waals surface area contributed by atoms with E-state index in [4.69, 9.17) is 5.11 Å². The van der Waals surface area contributed by atoms with Gasteiger partial charge in [0.05, 0.1) is 18.3 Å². The van der Waals surface area contributed by atoms with Crippen molar-refractivity contribution in [1.82, 2.24) is 15.1 Å². The molecule has 0 spiro atoms. The predicted octanol–water partition coefficient (Wildman–Crippen LogP) is 1.63. The molecule has 3 rings (SSSR count). The maximum Gasteiger partial charge on any atom is 0.317 e. The van der Waals surface area contributed by atoms with E-state index in [9.17, 15) is 13.6 Å². The molecule has 2 heterocycles. The van der Waals surface area contributed by atoms with Crippen LogP contribution in [0.4, 0.5) is 14.6 Å². The zero-order valence-corrected chi connectivity index (χ0v) is 12.8. The summed E-state index contributed by atoms with van der Waals surface area (Å²) < 4.78 is 27.8. The number of piperazine rings is 1. The lowest BCUT2D eigenvalue weighted by atomic mass is 10.1. The summed E-state index contributed by atoms with van der Waals surface area (Å²) in [6.45, 7) is 2.30. The van der Waals surface area contributed by atoms with Crippen molar-refractivity contribution in [1.29, 1.82) is 0 Å². The summed E-state index contributed by atoms with van der Waals surface area (Å²) in [6.07, 6.45) is 1.33. The summed E-state index contributed by atoms with van der Waals surface area (Å²) >= 11 is 0. The Labute approximate surface area is 137 Å². The Morgan fingerprint density at radius 2 is 1.83 bits per heavy atom. The maximum absolute atomic E-state index is 13.9. The largest absolute Gasteiger partial charge is 0.480 e. The quantitative estimate of drug-likeness (QED) is 0.916. The molecule has 2 aromatic rings. The Hall–Kier alpha value is -2.61. The number of hydrogen-bond acceptors (Lipinski definition) is 5. The average Bonchev–Trinajstić information content (AvgIpc) is 2.55. The van der Waals surface area contributed by atoms with Crippen molar-refractivity contribution in [3.63, 3.8) is 0 Å². The Morgan fingerprint density at radius 1 is 1.17 bits per heavy atom. The first-order valence-corrected chi connectivity index (χ1v) is 7.51. The molecular weight excluding hydrogens is 318 g/mol. The fourth-order valence-electron chi connectivity index (χ4n) is 2.75. The van der Waals surface area contributed by atoms with E-state index in [2.05, 4.69) is 10.2 Å². The van der Waals surface area contributed by atoms with Gasteiger partial charge in [0.25, 0.3) is 0 Å². The summed E-state index contributed by atoms with van der Waals surface area (Å²) in [7, 11) is 0. The van der Waals surface area contributed by atoms with Gasteiger partial charge in [-0.2, -0.15) is 5.10 Å². The van der Waals surface area contributed by atoms with Crippen molar-refractivity contribution in [3.8, 4) is 11.1 Å². The second-order valence-electron chi connectivity index (χ2n) is 5.56. The standard InChI is InChI=1S/C16H16F2N4O2/c17-12-2-1-3-13(18)16(12)11-8-14(20-19-9-11)22-6-4-21(5-7-22)10-15(23)24/h1-3,8-9H,4-7,10H2,(H,23,24). The highest BCUT2D eigenvalue weighted by atomic mass is 19.1. The van der Waals surface area contributed by atoms with Gasteiger partial charge in [-0.15, -0.1) is 5.10 Å². The van der Waals surface area contributed by atoms with Gasteiger partial charge in [-0.05, 0) is 18.2 Å². The van der Waals surface area contributed by atoms with Gasteiger partial charge in [0.2, 0.25) is 0 Å². The molecule has 24 heavy (non-hydrogen) atoms. The van der Waals surface area contributed by atoms with Crippen molar-refractivity contribution in [2.75, 3.05) is 37.6 Å². The average molecular weight is 334 g/mol. The lowest BCUT2D eigenvalue weighted by molar-refractivity contribution is -0.138. The predicted molar refractivity (Wildman–Crippen MR) is 83.7 cm³/mol. The number of nitrogens with zero attached hydrogens (tertiary/aromatic N) is 4. The first-order valence-electron chi connectivity index (χ1n) is 7.51. The van der Waals surface area contributed by atoms with Crippen molar-refractivity contribution in [3.05, 3.63) is 42.1 Å². The van der Waals surface area contributed by atoms with Gasteiger partial charge in [0.15, 0.2) is 5.82 Å². The van der Waals surface area contributed by atoms with Crippen LogP contribution in [0.3, 0.4) is 0 Å². The molecule has 1 saturated heterocycles. The molecule has 0 amide bonds. The third kappa shape index (κ3) is 3.48. The molecule has 1 aliphatic rings. The molecule has 1 aromatic carbocycles. The molecular formula is C16H16F2N4O2. The van der Waals surface area contributed by atoms with Crippen LogP contribution in [0.5, 0.6) is 0 Å². The lowest BCUT2D eigenvalue weighted by Gasteiger charge is -2.34. The molecule has 6 nitrogen and oxygen atoms in total. The third-order valence-corrected chi connectivity index (χ3v) is 3.95. The monoisotopic (exact) mass is 334 g/mol. The van der Waals surface area contributed by atoms with Crippen LogP contribution in [-0.2, 0) is 4.79 Å². The number of rotatable bonds is 4. The molecule has 1 aromatic heterocycles. The molecule has 0 saturated carbocycles. The minimum absolute atomic E-state index is 0.00000389. The van der Waals surface area contributed by atoms with Gasteiger partial charge in [-0.1, -0.05) is 6.07 Å². The van der Waals surface area contributed by atoms with E-state index in [1.165, 1.54) is 24.4 Å². The summed E-state index contributed by atoms with van der Waals surface area (Å²) in [5.74, 6) is -1.65. The fourth-order valence-corrected chi connectivity index (χ4v) is 2.75. The highest BCUT2D eigenvalue weighted by Crippen LogP contribution is 2.27. The number of aliphatic carboxylic acids is 1. The van der Waals surface area contributed by atoms with E-state index in [0.717, 1.165) is 0 Å². The van der Waals surface area contributed by atoms with E-state index in [0.29, 0.717) is 37.6 Å². The van der Waals surface area contributed by atoms with Crippen LogP contribution in [0.1, 0.15) is 0 Å². The second-order valence-corrected chi connectivity index (χ2v) is 5.56. The summed E-state index contributed by atoms with van der Waals surface area (Å²) in [4.78, 5) is 14.5. The molecule has 0 unspecified atom stereocenters. The van der Waals surface area contributed by atoms with Gasteiger partial charge in [0.1, 0.15) is 11.6 Å². The first kappa shape index (κ1) is 16.3. The number of aromatic nitrogens is 2. The number of carboxylic acid groups (broad SMARTS) is 1. The van der Waals surface area contributed by atoms with Gasteiger partial charge in [-0.3, -0.25) is 9.69 Å². The molecule has 1 aliphatic heterocycles. The number of anilines is 1. The number of benzene rings is 1. The van der Waals surface area contributed by atoms with Crippen molar-refractivity contribution >= 4 is 11.8 Å². The molecule has 0 atom stereocenters. The van der Waals surface area contributed by atoms with Crippen molar-refractivity contribution < 1.29 is 18.7 Å². The third-order valence-electron chi connectivity index (χ3n) is 3.95. The molecule has 0 aliphatic carbocycles. The SMILES string of the molecule is O=C(O)CN1CCN(c2cc(-c3c(F)cccc3F)cnn2)CC1. The minimum Gasteiger partial charge on any atom is -0.480 e. The summed E-state index contributed by atoms with van der Waals surface area (Å²) in [5, 5.41) is 16.7. The number of halogens is 2. The topological polar surface area (TPSA) is 69.6 Å². The van der Waals surface area contributed by atoms with Crippen molar-refractivity contribution in [2.45, 2.75) is 0 Å². The fraction of sp³-hybridized carbons (Fsp3) is 0.312. The highest BCUT2D eigenvalue weighted by Gasteiger charge is 2.21. The number of carbonyl (C=O) groups is 1. The molecule has 1 fully saturated rings. The van der Waals surface area contributed by atoms with E-state index in [1.807, 2.05) is 9.80 Å². The van der Waals surface area contributed by atoms with Crippen LogP contribution in [0.2, 0.25) is 0 Å². The minimum atomic E-state index is -0.861. The van der Waals surface area contributed by atoms with E-state index < -0.39 is 17.6 Å². The van der Waals surface area contributed by atoms with E-state index in [1.54, 1.807) is 6.07 Å². The smallest absolute Gasteiger partial charge is 0.317 e. The first-order chi connectivity index (χ1) is 11.5. The zero-order chi connectivity index (χ0) is 17.1. The Balaban J connectivity index is 1.78. The van der Waals surface area contributed by atoms with Crippen LogP contribution in [-0.4, -0.2) is 58.9 Å². The van der Waals surface area contributed by atoms with Crippen LogP contribution >= 0.6 is 0 Å². The molecule has 8 heteroatoms. The Bertz CT molecular complexity index is 728. The normalized spacial score (nSPS) is 15.5. The lowest BCUT2D eigenvalue weighted by Crippen LogP contribution is -2.48. The molecule has 0 radical (unpaired) electrons. The zero-order valence-electron chi connectivity index (χ0n) is 12.8. The Morgan fingerprint density at radius 3 is 2.46 bits per heavy atom. The van der Waals surface area contributed by atoms with E-state index in [-0.39, 0.29) is 12.1 Å². The number of hydrogen-bond donors (Lipinski definition) is 1.